The minimum atomic E-state index is -1.19. The van der Waals surface area contributed by atoms with Crippen molar-refractivity contribution in [3.05, 3.63) is 71.8 Å². The first-order chi connectivity index (χ1) is 16.8. The van der Waals surface area contributed by atoms with Gasteiger partial charge in [-0.05, 0) is 62.7 Å². The highest BCUT2D eigenvalue weighted by Crippen LogP contribution is 2.66. The molecule has 0 N–H and O–H groups in total. The molecule has 35 heavy (non-hydrogen) atoms. The number of fused-ring (bicyclic) bond motifs is 5. The molecule has 0 amide bonds. The highest BCUT2D eigenvalue weighted by molar-refractivity contribution is 5.93. The van der Waals surface area contributed by atoms with E-state index in [0.717, 1.165) is 25.9 Å². The van der Waals surface area contributed by atoms with Gasteiger partial charge >= 0.3 is 11.9 Å². The number of hydrogen-bond donors (Lipinski definition) is 0. The van der Waals surface area contributed by atoms with E-state index < -0.39 is 16.4 Å². The summed E-state index contributed by atoms with van der Waals surface area (Å²) in [4.78, 5) is 29.3. The first-order valence-corrected chi connectivity index (χ1v) is 13.1. The molecule has 5 nitrogen and oxygen atoms in total. The van der Waals surface area contributed by atoms with Crippen LogP contribution in [0.4, 0.5) is 0 Å². The quantitative estimate of drug-likeness (QED) is 0.576. The van der Waals surface area contributed by atoms with Crippen LogP contribution >= 0.6 is 0 Å². The number of esters is 2. The van der Waals surface area contributed by atoms with E-state index in [0.29, 0.717) is 18.8 Å². The molecule has 4 bridgehead atoms. The topological polar surface area (TPSA) is 55.8 Å². The van der Waals surface area contributed by atoms with Gasteiger partial charge < -0.3 is 9.47 Å². The van der Waals surface area contributed by atoms with E-state index in [1.807, 2.05) is 32.9 Å². The zero-order valence-electron chi connectivity index (χ0n) is 20.9. The second kappa shape index (κ2) is 7.92. The highest BCUT2D eigenvalue weighted by atomic mass is 16.6. The monoisotopic (exact) mass is 473 g/mol. The Kier molecular flexibility index (Phi) is 5.16. The molecule has 4 aliphatic heterocycles. The number of carbonyl (C=O) groups is 2. The molecule has 184 valence electrons. The minimum absolute atomic E-state index is 0.0423. The number of rotatable bonds is 5. The predicted molar refractivity (Wildman–Crippen MR) is 133 cm³/mol. The lowest BCUT2D eigenvalue weighted by molar-refractivity contribution is -0.198. The molecule has 5 fully saturated rings. The number of benzene rings is 2. The zero-order chi connectivity index (χ0) is 24.4. The average molecular weight is 474 g/mol. The lowest BCUT2D eigenvalue weighted by Crippen LogP contribution is -2.62. The van der Waals surface area contributed by atoms with E-state index in [4.69, 9.17) is 9.47 Å². The number of nitrogens with zero attached hydrogens (tertiary/aromatic N) is 1. The molecular weight excluding hydrogens is 438 g/mol. The van der Waals surface area contributed by atoms with Gasteiger partial charge in [-0.2, -0.15) is 0 Å². The van der Waals surface area contributed by atoms with E-state index in [2.05, 4.69) is 53.4 Å². The number of ether oxygens (including phenoxy) is 2. The maximum absolute atomic E-state index is 14.0. The Balaban J connectivity index is 1.38. The molecule has 2 aromatic rings. The lowest BCUT2D eigenvalue weighted by Gasteiger charge is -2.53. The summed E-state index contributed by atoms with van der Waals surface area (Å²) in [5.41, 5.74) is 0.0327. The van der Waals surface area contributed by atoms with E-state index >= 15 is 0 Å². The second-order valence-electron chi connectivity index (χ2n) is 11.7. The Morgan fingerprint density at radius 2 is 1.51 bits per heavy atom. The maximum Gasteiger partial charge on any atom is 0.351 e. The molecule has 1 saturated carbocycles. The Morgan fingerprint density at radius 1 is 0.943 bits per heavy atom. The van der Waals surface area contributed by atoms with E-state index in [-0.39, 0.29) is 30.0 Å². The Bertz CT molecular complexity index is 1080. The van der Waals surface area contributed by atoms with Gasteiger partial charge in [0.2, 0.25) is 5.60 Å². The first-order valence-electron chi connectivity index (χ1n) is 13.1. The smallest absolute Gasteiger partial charge is 0.351 e. The highest BCUT2D eigenvalue weighted by Gasteiger charge is 2.76. The first kappa shape index (κ1) is 22.8. The molecule has 5 aliphatic rings. The van der Waals surface area contributed by atoms with Crippen LogP contribution < -0.4 is 0 Å². The molecular formula is C30H35NO4. The van der Waals surface area contributed by atoms with Gasteiger partial charge in [0.25, 0.3) is 0 Å². The van der Waals surface area contributed by atoms with Gasteiger partial charge in [-0.15, -0.1) is 0 Å². The maximum atomic E-state index is 14.0. The number of carbonyl (C=O) groups excluding carboxylic acids is 2. The molecule has 0 aromatic heterocycles. The summed E-state index contributed by atoms with van der Waals surface area (Å²) in [7, 11) is 0. The van der Waals surface area contributed by atoms with Crippen LogP contribution in [0.15, 0.2) is 60.7 Å². The molecule has 7 rings (SSSR count). The van der Waals surface area contributed by atoms with Crippen molar-refractivity contribution in [2.75, 3.05) is 13.1 Å². The van der Waals surface area contributed by atoms with Crippen molar-refractivity contribution in [1.29, 1.82) is 0 Å². The number of piperidine rings is 3. The Labute approximate surface area is 207 Å². The summed E-state index contributed by atoms with van der Waals surface area (Å²) in [5, 5.41) is 0. The normalized spacial score (nSPS) is 36.9. The molecule has 4 saturated heterocycles. The summed E-state index contributed by atoms with van der Waals surface area (Å²) in [6, 6.07) is 21.2. The standard InChI is InChI=1S/C30H35NO4/c1-28(2)29(3)16-17-30(28,35-26(29)32)27(33)34-25-22-14-18-31(19-15-22)24(25)23(20-10-6-4-7-11-20)21-12-8-5-9-13-21/h4-13,22-25H,14-19H2,1-3H3/t24-,25-,29-,30+/m1/s1. The van der Waals surface area contributed by atoms with Gasteiger partial charge in [-0.25, -0.2) is 4.79 Å². The van der Waals surface area contributed by atoms with Crippen LogP contribution in [-0.2, 0) is 19.1 Å². The van der Waals surface area contributed by atoms with E-state index in [1.54, 1.807) is 0 Å². The lowest BCUT2D eigenvalue weighted by atomic mass is 9.66. The average Bonchev–Trinajstić information content (AvgIpc) is 3.18. The van der Waals surface area contributed by atoms with Crippen LogP contribution in [0.3, 0.4) is 0 Å². The van der Waals surface area contributed by atoms with Crippen LogP contribution in [0.25, 0.3) is 0 Å². The molecule has 5 heteroatoms. The van der Waals surface area contributed by atoms with Crippen LogP contribution in [-0.4, -0.2) is 47.7 Å². The molecule has 2 aromatic carbocycles. The minimum Gasteiger partial charge on any atom is -0.457 e. The molecule has 1 aliphatic carbocycles. The van der Waals surface area contributed by atoms with Gasteiger partial charge in [0.05, 0.1) is 11.5 Å². The zero-order valence-corrected chi connectivity index (χ0v) is 20.9. The summed E-state index contributed by atoms with van der Waals surface area (Å²) < 4.78 is 12.4. The van der Waals surface area contributed by atoms with E-state index in [1.165, 1.54) is 11.1 Å². The number of hydrogen-bond acceptors (Lipinski definition) is 5. The summed E-state index contributed by atoms with van der Waals surface area (Å²) in [5.74, 6) is -0.208. The van der Waals surface area contributed by atoms with Gasteiger partial charge in [0, 0.05) is 11.3 Å². The fourth-order valence-electron chi connectivity index (χ4n) is 7.43. The third-order valence-electron chi connectivity index (χ3n) is 10.1. The van der Waals surface area contributed by atoms with Gasteiger partial charge in [0.1, 0.15) is 6.10 Å². The van der Waals surface area contributed by atoms with Gasteiger partial charge in [-0.1, -0.05) is 74.5 Å². The summed E-state index contributed by atoms with van der Waals surface area (Å²) in [6.07, 6.45) is 3.01. The summed E-state index contributed by atoms with van der Waals surface area (Å²) >= 11 is 0. The Hall–Kier alpha value is -2.66. The molecule has 0 spiro atoms. The van der Waals surface area contributed by atoms with Crippen LogP contribution in [0, 0.1) is 16.7 Å². The van der Waals surface area contributed by atoms with Crippen molar-refractivity contribution < 1.29 is 19.1 Å². The molecule has 4 atom stereocenters. The molecule has 0 unspecified atom stereocenters. The predicted octanol–water partition coefficient (Wildman–Crippen LogP) is 4.95. The fourth-order valence-corrected chi connectivity index (χ4v) is 7.43. The van der Waals surface area contributed by atoms with Crippen molar-refractivity contribution >= 4 is 11.9 Å². The van der Waals surface area contributed by atoms with Crippen LogP contribution in [0.5, 0.6) is 0 Å². The molecule has 4 heterocycles. The largest absolute Gasteiger partial charge is 0.457 e. The van der Waals surface area contributed by atoms with Crippen LogP contribution in [0.2, 0.25) is 0 Å². The Morgan fingerprint density at radius 3 is 2.00 bits per heavy atom. The van der Waals surface area contributed by atoms with Crippen molar-refractivity contribution in [3.63, 3.8) is 0 Å². The van der Waals surface area contributed by atoms with E-state index in [9.17, 15) is 9.59 Å². The fraction of sp³-hybridized carbons (Fsp3) is 0.533. The summed E-state index contributed by atoms with van der Waals surface area (Å²) in [6.45, 7) is 7.97. The van der Waals surface area contributed by atoms with Crippen LogP contribution in [0.1, 0.15) is 63.5 Å². The van der Waals surface area contributed by atoms with Crippen molar-refractivity contribution in [1.82, 2.24) is 4.90 Å². The second-order valence-corrected chi connectivity index (χ2v) is 11.7. The van der Waals surface area contributed by atoms with Crippen molar-refractivity contribution in [2.45, 2.75) is 70.1 Å². The SMILES string of the molecule is CC1(C)[C@@]2(C(=O)O[C@@H]3C4CCN(CC4)[C@@H]3C(c3ccccc3)c3ccccc3)CC[C@]1(C)C(=O)O2. The molecule has 0 radical (unpaired) electrons. The van der Waals surface area contributed by atoms with Crippen molar-refractivity contribution in [3.8, 4) is 0 Å². The van der Waals surface area contributed by atoms with Crippen molar-refractivity contribution in [2.24, 2.45) is 16.7 Å². The third-order valence-corrected chi connectivity index (χ3v) is 10.1. The van der Waals surface area contributed by atoms with Gasteiger partial charge in [-0.3, -0.25) is 9.69 Å². The van der Waals surface area contributed by atoms with Gasteiger partial charge in [0.15, 0.2) is 0 Å². The third kappa shape index (κ3) is 3.10.